The lowest BCUT2D eigenvalue weighted by Gasteiger charge is -2.17. The first kappa shape index (κ1) is 21.6. The van der Waals surface area contributed by atoms with Crippen LogP contribution in [0.4, 0.5) is 5.69 Å². The van der Waals surface area contributed by atoms with Crippen LogP contribution in [0.3, 0.4) is 0 Å². The van der Waals surface area contributed by atoms with Crippen LogP contribution in [0.25, 0.3) is 0 Å². The molecule has 7 heteroatoms. The molecule has 0 bridgehead atoms. The van der Waals surface area contributed by atoms with Gasteiger partial charge in [0.15, 0.2) is 12.4 Å². The van der Waals surface area contributed by atoms with Crippen molar-refractivity contribution in [2.75, 3.05) is 11.9 Å². The van der Waals surface area contributed by atoms with Crippen LogP contribution < -0.4 is 5.32 Å². The molecule has 0 unspecified atom stereocenters. The second-order valence-electron chi connectivity index (χ2n) is 7.53. The minimum Gasteiger partial charge on any atom is -0.454 e. The molecule has 1 aromatic heterocycles. The van der Waals surface area contributed by atoms with Gasteiger partial charge in [-0.05, 0) is 49.7 Å². The zero-order chi connectivity index (χ0) is 21.1. The number of amides is 1. The number of aromatic nitrogens is 1. The summed E-state index contributed by atoms with van der Waals surface area (Å²) in [6.07, 6.45) is 0. The molecule has 0 saturated carbocycles. The van der Waals surface area contributed by atoms with E-state index in [1.165, 1.54) is 0 Å². The third-order valence-electron chi connectivity index (χ3n) is 3.98. The van der Waals surface area contributed by atoms with Gasteiger partial charge in [0.1, 0.15) is 5.15 Å². The fourth-order valence-corrected chi connectivity index (χ4v) is 2.74. The summed E-state index contributed by atoms with van der Waals surface area (Å²) >= 11 is 6.02. The molecular weight excluding hydrogens is 380 g/mol. The molecule has 1 aromatic carbocycles. The van der Waals surface area contributed by atoms with E-state index in [-0.39, 0.29) is 22.4 Å². The Bertz CT molecular complexity index is 892. The SMILES string of the molecule is Cc1cc(C)c(C(=O)OCC(=O)c2ccc(NC(=O)C(C)(C)C)cc2)c(Cl)n1. The Labute approximate surface area is 169 Å². The van der Waals surface area contributed by atoms with Crippen molar-refractivity contribution in [1.29, 1.82) is 0 Å². The molecule has 0 aliphatic rings. The summed E-state index contributed by atoms with van der Waals surface area (Å²) in [5.41, 5.74) is 1.91. The average molecular weight is 403 g/mol. The number of hydrogen-bond donors (Lipinski definition) is 1. The van der Waals surface area contributed by atoms with E-state index >= 15 is 0 Å². The van der Waals surface area contributed by atoms with Crippen molar-refractivity contribution in [3.63, 3.8) is 0 Å². The zero-order valence-corrected chi connectivity index (χ0v) is 17.3. The molecule has 148 valence electrons. The number of pyridine rings is 1. The highest BCUT2D eigenvalue weighted by Gasteiger charge is 2.21. The van der Waals surface area contributed by atoms with E-state index in [2.05, 4.69) is 10.3 Å². The Morgan fingerprint density at radius 2 is 1.71 bits per heavy atom. The number of benzene rings is 1. The summed E-state index contributed by atoms with van der Waals surface area (Å²) in [6, 6.07) is 8.11. The highest BCUT2D eigenvalue weighted by molar-refractivity contribution is 6.32. The predicted molar refractivity (Wildman–Crippen MR) is 108 cm³/mol. The van der Waals surface area contributed by atoms with Gasteiger partial charge in [-0.15, -0.1) is 0 Å². The number of nitrogens with zero attached hydrogens (tertiary/aromatic N) is 1. The molecule has 1 heterocycles. The van der Waals surface area contributed by atoms with E-state index in [0.29, 0.717) is 22.5 Å². The van der Waals surface area contributed by atoms with E-state index in [9.17, 15) is 14.4 Å². The molecule has 0 aliphatic heterocycles. The lowest BCUT2D eigenvalue weighted by molar-refractivity contribution is -0.123. The molecule has 28 heavy (non-hydrogen) atoms. The number of Topliss-reactive ketones (excluding diaryl/α,β-unsaturated/α-hetero) is 1. The number of carbonyl (C=O) groups is 3. The molecule has 0 aliphatic carbocycles. The van der Waals surface area contributed by atoms with Crippen LogP contribution in [0.1, 0.15) is 52.7 Å². The minimum absolute atomic E-state index is 0.0499. The summed E-state index contributed by atoms with van der Waals surface area (Å²) in [5.74, 6) is -1.19. The van der Waals surface area contributed by atoms with Crippen LogP contribution in [0.15, 0.2) is 30.3 Å². The first-order valence-electron chi connectivity index (χ1n) is 8.74. The lowest BCUT2D eigenvalue weighted by Crippen LogP contribution is -2.27. The number of aryl methyl sites for hydroxylation is 2. The minimum atomic E-state index is -0.697. The van der Waals surface area contributed by atoms with Gasteiger partial charge in [0.25, 0.3) is 0 Å². The van der Waals surface area contributed by atoms with Gasteiger partial charge >= 0.3 is 5.97 Å². The lowest BCUT2D eigenvalue weighted by atomic mass is 9.95. The molecule has 1 amide bonds. The molecule has 2 rings (SSSR count). The third kappa shape index (κ3) is 5.39. The van der Waals surface area contributed by atoms with Gasteiger partial charge in [-0.1, -0.05) is 32.4 Å². The van der Waals surface area contributed by atoms with Crippen LogP contribution in [-0.2, 0) is 9.53 Å². The number of esters is 1. The fourth-order valence-electron chi connectivity index (χ4n) is 2.38. The smallest absolute Gasteiger partial charge is 0.342 e. The summed E-state index contributed by atoms with van der Waals surface area (Å²) in [7, 11) is 0. The Morgan fingerprint density at radius 1 is 1.11 bits per heavy atom. The normalized spacial score (nSPS) is 11.1. The zero-order valence-electron chi connectivity index (χ0n) is 16.6. The summed E-state index contributed by atoms with van der Waals surface area (Å²) in [6.45, 7) is 8.51. The molecular formula is C21H23ClN2O4. The summed E-state index contributed by atoms with van der Waals surface area (Å²) < 4.78 is 5.10. The van der Waals surface area contributed by atoms with Gasteiger partial charge in [-0.25, -0.2) is 9.78 Å². The second kappa shape index (κ2) is 8.52. The Hall–Kier alpha value is -2.73. The molecule has 0 spiro atoms. The van der Waals surface area contributed by atoms with Crippen molar-refractivity contribution in [2.45, 2.75) is 34.6 Å². The maximum absolute atomic E-state index is 12.3. The van der Waals surface area contributed by atoms with Gasteiger partial charge in [-0.3, -0.25) is 9.59 Å². The molecule has 0 fully saturated rings. The number of anilines is 1. The van der Waals surface area contributed by atoms with E-state index in [1.54, 1.807) is 44.2 Å². The van der Waals surface area contributed by atoms with E-state index in [1.807, 2.05) is 20.8 Å². The van der Waals surface area contributed by atoms with Gasteiger partial charge in [0, 0.05) is 22.4 Å². The van der Waals surface area contributed by atoms with Gasteiger partial charge < -0.3 is 10.1 Å². The molecule has 0 saturated heterocycles. The van der Waals surface area contributed by atoms with Gasteiger partial charge in [-0.2, -0.15) is 0 Å². The second-order valence-corrected chi connectivity index (χ2v) is 7.89. The summed E-state index contributed by atoms with van der Waals surface area (Å²) in [5, 5.41) is 2.83. The van der Waals surface area contributed by atoms with Gasteiger partial charge in [0.2, 0.25) is 5.91 Å². The van der Waals surface area contributed by atoms with E-state index in [4.69, 9.17) is 16.3 Å². The number of halogens is 1. The standard InChI is InChI=1S/C21H23ClN2O4/c1-12-10-13(2)23-18(22)17(12)19(26)28-11-16(25)14-6-8-15(9-7-14)24-20(27)21(3,4)5/h6-10H,11H2,1-5H3,(H,24,27). The average Bonchev–Trinajstić information content (AvgIpc) is 2.58. The predicted octanol–water partition coefficient (Wildman–Crippen LogP) is 4.38. The highest BCUT2D eigenvalue weighted by Crippen LogP contribution is 2.20. The van der Waals surface area contributed by atoms with Gasteiger partial charge in [0.05, 0.1) is 5.56 Å². The van der Waals surface area contributed by atoms with Crippen molar-refractivity contribution >= 4 is 34.9 Å². The number of carbonyl (C=O) groups excluding carboxylic acids is 3. The number of nitrogens with one attached hydrogen (secondary N) is 1. The highest BCUT2D eigenvalue weighted by atomic mass is 35.5. The van der Waals surface area contributed by atoms with Crippen molar-refractivity contribution in [2.24, 2.45) is 5.41 Å². The molecule has 0 radical (unpaired) electrons. The topological polar surface area (TPSA) is 85.4 Å². The van der Waals surface area contributed by atoms with E-state index in [0.717, 1.165) is 0 Å². The largest absolute Gasteiger partial charge is 0.454 e. The number of hydrogen-bond acceptors (Lipinski definition) is 5. The fraction of sp³-hybridized carbons (Fsp3) is 0.333. The molecule has 6 nitrogen and oxygen atoms in total. The summed E-state index contributed by atoms with van der Waals surface area (Å²) in [4.78, 5) is 40.6. The van der Waals surface area contributed by atoms with Crippen LogP contribution in [0.2, 0.25) is 5.15 Å². The molecule has 0 atom stereocenters. The van der Waals surface area contributed by atoms with Crippen molar-refractivity contribution < 1.29 is 19.1 Å². The Balaban J connectivity index is 2.00. The number of ether oxygens (including phenoxy) is 1. The molecule has 2 aromatic rings. The van der Waals surface area contributed by atoms with Crippen molar-refractivity contribution in [3.05, 3.63) is 57.9 Å². The monoisotopic (exact) mass is 402 g/mol. The van der Waals surface area contributed by atoms with Crippen molar-refractivity contribution in [1.82, 2.24) is 4.98 Å². The van der Waals surface area contributed by atoms with Crippen LogP contribution in [0, 0.1) is 19.3 Å². The maximum atomic E-state index is 12.3. The number of ketones is 1. The van der Waals surface area contributed by atoms with Crippen LogP contribution in [-0.4, -0.2) is 29.3 Å². The quantitative estimate of drug-likeness (QED) is 0.455. The third-order valence-corrected chi connectivity index (χ3v) is 4.26. The first-order chi connectivity index (χ1) is 13.0. The van der Waals surface area contributed by atoms with Crippen molar-refractivity contribution in [3.8, 4) is 0 Å². The Kier molecular flexibility index (Phi) is 6.56. The number of rotatable bonds is 5. The first-order valence-corrected chi connectivity index (χ1v) is 9.12. The van der Waals surface area contributed by atoms with Crippen LogP contribution >= 0.6 is 11.6 Å². The van der Waals surface area contributed by atoms with Crippen LogP contribution in [0.5, 0.6) is 0 Å². The van der Waals surface area contributed by atoms with E-state index < -0.39 is 18.0 Å². The Morgan fingerprint density at radius 3 is 2.25 bits per heavy atom. The molecule has 1 N–H and O–H groups in total. The maximum Gasteiger partial charge on any atom is 0.342 e.